The number of aromatic hydroxyl groups is 1. The van der Waals surface area contributed by atoms with Crippen LogP contribution in [0.25, 0.3) is 0 Å². The van der Waals surface area contributed by atoms with Gasteiger partial charge in [0.1, 0.15) is 11.9 Å². The molecule has 1 aliphatic carbocycles. The maximum atomic E-state index is 13.9. The van der Waals surface area contributed by atoms with Gasteiger partial charge in [-0.1, -0.05) is 32.0 Å². The molecule has 2 aliphatic heterocycles. The zero-order valence-electron chi connectivity index (χ0n) is 19.5. The van der Waals surface area contributed by atoms with Gasteiger partial charge in [-0.3, -0.25) is 9.59 Å². The van der Waals surface area contributed by atoms with Crippen LogP contribution < -0.4 is 4.74 Å². The Bertz CT molecular complexity index is 1170. The summed E-state index contributed by atoms with van der Waals surface area (Å²) in [5.41, 5.74) is 1.74. The molecule has 34 heavy (non-hydrogen) atoms. The molecule has 1 N–H and O–H groups in total. The van der Waals surface area contributed by atoms with Crippen molar-refractivity contribution in [2.24, 2.45) is 17.8 Å². The second kappa shape index (κ2) is 8.46. The fraction of sp³-hybridized carbons (Fsp3) is 0.407. The molecule has 0 saturated heterocycles. The van der Waals surface area contributed by atoms with Crippen molar-refractivity contribution in [3.05, 3.63) is 70.7 Å². The summed E-state index contributed by atoms with van der Waals surface area (Å²) in [5, 5.41) is 10.1. The number of nitrogens with zero attached hydrogens (tertiary/aromatic N) is 1. The number of ether oxygens (including phenoxy) is 2. The number of fused-ring (bicyclic) bond motifs is 1. The highest BCUT2D eigenvalue weighted by Crippen LogP contribution is 2.50. The molecule has 178 valence electrons. The number of Topliss-reactive ketones (excluding diaryl/α,β-unsaturated/α-hetero) is 1. The average Bonchev–Trinajstić information content (AvgIpc) is 3.07. The third-order valence-corrected chi connectivity index (χ3v) is 7.33. The summed E-state index contributed by atoms with van der Waals surface area (Å²) in [4.78, 5) is 29.1. The third kappa shape index (κ3) is 3.63. The predicted molar refractivity (Wildman–Crippen MR) is 122 cm³/mol. The lowest BCUT2D eigenvalue weighted by Crippen LogP contribution is -2.45. The zero-order valence-corrected chi connectivity index (χ0v) is 19.5. The third-order valence-electron chi connectivity index (χ3n) is 7.33. The predicted octanol–water partition coefficient (Wildman–Crippen LogP) is 4.53. The first-order valence-corrected chi connectivity index (χ1v) is 11.7. The van der Waals surface area contributed by atoms with Crippen LogP contribution in [0.4, 0.5) is 4.39 Å². The van der Waals surface area contributed by atoms with Crippen molar-refractivity contribution >= 4 is 11.7 Å². The van der Waals surface area contributed by atoms with Gasteiger partial charge in [0, 0.05) is 6.54 Å². The van der Waals surface area contributed by atoms with Gasteiger partial charge in [-0.05, 0) is 60.1 Å². The van der Waals surface area contributed by atoms with Crippen molar-refractivity contribution in [3.8, 4) is 11.5 Å². The number of methoxy groups -OCH3 is 1. The standard InChI is InChI=1S/C27H28FNO5/c1-14-10-15(2)22-21(11-14)34-26-23(25(22)31)24(17-6-9-19(30)20(12-17)33-3)29(27(26)32)13-16-4-7-18(28)8-5-16/h4-9,12,14-15,21-22,24,30H,10-11,13H2,1-3H3. The minimum Gasteiger partial charge on any atom is -0.504 e. The highest BCUT2D eigenvalue weighted by atomic mass is 19.1. The van der Waals surface area contributed by atoms with Crippen LogP contribution in [-0.2, 0) is 20.9 Å². The van der Waals surface area contributed by atoms with Crippen LogP contribution in [0.3, 0.4) is 0 Å². The van der Waals surface area contributed by atoms with E-state index in [9.17, 15) is 19.1 Å². The maximum absolute atomic E-state index is 13.9. The largest absolute Gasteiger partial charge is 0.504 e. The number of carbonyl (C=O) groups is 2. The van der Waals surface area contributed by atoms with E-state index in [1.807, 2.05) is 0 Å². The number of ketones is 1. The molecular weight excluding hydrogens is 437 g/mol. The quantitative estimate of drug-likeness (QED) is 0.718. The Kier molecular flexibility index (Phi) is 5.58. The molecule has 1 amide bonds. The summed E-state index contributed by atoms with van der Waals surface area (Å²) in [7, 11) is 1.45. The lowest BCUT2D eigenvalue weighted by Gasteiger charge is -2.41. The Labute approximate surface area is 198 Å². The second-order valence-corrected chi connectivity index (χ2v) is 9.74. The minimum absolute atomic E-state index is 0.0314. The molecule has 6 nitrogen and oxygen atoms in total. The van der Waals surface area contributed by atoms with E-state index in [4.69, 9.17) is 9.47 Å². The lowest BCUT2D eigenvalue weighted by atomic mass is 9.69. The molecule has 2 aromatic carbocycles. The summed E-state index contributed by atoms with van der Waals surface area (Å²) in [6.07, 6.45) is 1.36. The SMILES string of the molecule is COc1cc(C2C3=C(OC4CC(C)CC(C)C4C3=O)C(=O)N2Cc2ccc(F)cc2)ccc1O. The first kappa shape index (κ1) is 22.4. The Morgan fingerprint density at radius 1 is 1.12 bits per heavy atom. The van der Waals surface area contributed by atoms with Crippen molar-refractivity contribution in [2.75, 3.05) is 7.11 Å². The van der Waals surface area contributed by atoms with Gasteiger partial charge in [0.25, 0.3) is 5.91 Å². The van der Waals surface area contributed by atoms with Crippen LogP contribution in [0.5, 0.6) is 11.5 Å². The zero-order chi connectivity index (χ0) is 24.1. The van der Waals surface area contributed by atoms with E-state index in [2.05, 4.69) is 13.8 Å². The van der Waals surface area contributed by atoms with E-state index >= 15 is 0 Å². The molecule has 5 unspecified atom stereocenters. The fourth-order valence-corrected chi connectivity index (χ4v) is 5.83. The highest BCUT2D eigenvalue weighted by molar-refractivity contribution is 6.11. The summed E-state index contributed by atoms with van der Waals surface area (Å²) in [5.74, 6) is -0.159. The van der Waals surface area contributed by atoms with Crippen LogP contribution in [0.15, 0.2) is 53.8 Å². The molecule has 0 bridgehead atoms. The Hall–Kier alpha value is -3.35. The second-order valence-electron chi connectivity index (χ2n) is 9.74. The fourth-order valence-electron chi connectivity index (χ4n) is 5.83. The van der Waals surface area contributed by atoms with Crippen LogP contribution in [-0.4, -0.2) is 34.9 Å². The van der Waals surface area contributed by atoms with Gasteiger partial charge < -0.3 is 19.5 Å². The first-order valence-electron chi connectivity index (χ1n) is 11.7. The molecule has 2 aromatic rings. The lowest BCUT2D eigenvalue weighted by molar-refractivity contribution is -0.138. The molecule has 2 heterocycles. The molecule has 0 radical (unpaired) electrons. The van der Waals surface area contributed by atoms with Crippen LogP contribution >= 0.6 is 0 Å². The number of amides is 1. The Morgan fingerprint density at radius 2 is 1.85 bits per heavy atom. The molecule has 1 fully saturated rings. The van der Waals surface area contributed by atoms with Gasteiger partial charge in [0.2, 0.25) is 0 Å². The summed E-state index contributed by atoms with van der Waals surface area (Å²) in [6, 6.07) is 10.1. The van der Waals surface area contributed by atoms with Crippen LogP contribution in [0.2, 0.25) is 0 Å². The van der Waals surface area contributed by atoms with E-state index in [0.29, 0.717) is 17.1 Å². The number of phenols is 1. The number of hydrogen-bond acceptors (Lipinski definition) is 5. The van der Waals surface area contributed by atoms with Crippen molar-refractivity contribution in [2.45, 2.75) is 45.4 Å². The number of hydrogen-bond donors (Lipinski definition) is 1. The molecule has 0 spiro atoms. The number of benzene rings is 2. The topological polar surface area (TPSA) is 76.1 Å². The summed E-state index contributed by atoms with van der Waals surface area (Å²) >= 11 is 0. The molecule has 5 rings (SSSR count). The van der Waals surface area contributed by atoms with E-state index in [1.165, 1.54) is 25.3 Å². The molecule has 3 aliphatic rings. The Morgan fingerprint density at radius 3 is 2.56 bits per heavy atom. The number of phenolic OH excluding ortho intramolecular Hbond substituents is 1. The van der Waals surface area contributed by atoms with Crippen LogP contribution in [0, 0.1) is 23.6 Å². The smallest absolute Gasteiger partial charge is 0.290 e. The van der Waals surface area contributed by atoms with Crippen molar-refractivity contribution < 1.29 is 28.6 Å². The Balaban J connectivity index is 1.60. The van der Waals surface area contributed by atoms with Gasteiger partial charge in [-0.25, -0.2) is 4.39 Å². The van der Waals surface area contributed by atoms with Crippen molar-refractivity contribution in [1.29, 1.82) is 0 Å². The van der Waals surface area contributed by atoms with E-state index in [1.54, 1.807) is 29.2 Å². The highest BCUT2D eigenvalue weighted by Gasteiger charge is 2.54. The minimum atomic E-state index is -0.693. The molecular formula is C27H28FNO5. The van der Waals surface area contributed by atoms with Crippen molar-refractivity contribution in [3.63, 3.8) is 0 Å². The van der Waals surface area contributed by atoms with E-state index < -0.39 is 6.04 Å². The van der Waals surface area contributed by atoms with Gasteiger partial charge in [0.05, 0.1) is 24.6 Å². The van der Waals surface area contributed by atoms with Gasteiger partial charge in [-0.15, -0.1) is 0 Å². The monoisotopic (exact) mass is 465 g/mol. The maximum Gasteiger partial charge on any atom is 0.290 e. The number of carbonyl (C=O) groups excluding carboxylic acids is 2. The first-order chi connectivity index (χ1) is 16.3. The summed E-state index contributed by atoms with van der Waals surface area (Å²) < 4.78 is 25.1. The van der Waals surface area contributed by atoms with Crippen LogP contribution in [0.1, 0.15) is 43.9 Å². The number of rotatable bonds is 4. The number of halogens is 1. The summed E-state index contributed by atoms with van der Waals surface area (Å²) in [6.45, 7) is 4.40. The van der Waals surface area contributed by atoms with Gasteiger partial charge in [0.15, 0.2) is 23.0 Å². The van der Waals surface area contributed by atoms with Gasteiger partial charge >= 0.3 is 0 Å². The molecule has 1 saturated carbocycles. The molecule has 5 atom stereocenters. The molecule has 0 aromatic heterocycles. The van der Waals surface area contributed by atoms with E-state index in [-0.39, 0.29) is 59.3 Å². The van der Waals surface area contributed by atoms with Gasteiger partial charge in [-0.2, -0.15) is 0 Å². The normalized spacial score (nSPS) is 28.5. The average molecular weight is 466 g/mol. The van der Waals surface area contributed by atoms with Crippen molar-refractivity contribution in [1.82, 2.24) is 4.90 Å². The van der Waals surface area contributed by atoms with E-state index in [0.717, 1.165) is 18.4 Å². The molecule has 7 heteroatoms.